The van der Waals surface area contributed by atoms with Gasteiger partial charge in [-0.1, -0.05) is 23.7 Å². The maximum absolute atomic E-state index is 12.3. The van der Waals surface area contributed by atoms with E-state index in [4.69, 9.17) is 21.1 Å². The molecule has 2 aromatic heterocycles. The van der Waals surface area contributed by atoms with Crippen molar-refractivity contribution < 1.29 is 14.3 Å². The second kappa shape index (κ2) is 8.50. The van der Waals surface area contributed by atoms with Crippen LogP contribution >= 0.6 is 11.6 Å². The standard InChI is InChI=1S/C17H18ClN5O3/c1-2-25-11-23-10-13(9-19-23)20-17(24)15-7-8-22(21-15)12-26-16-6-4-3-5-14(16)18/h3-10H,2,11-12H2,1H3,(H,20,24). The van der Waals surface area contributed by atoms with E-state index in [1.807, 2.05) is 19.1 Å². The van der Waals surface area contributed by atoms with Crippen molar-refractivity contribution in [3.8, 4) is 5.75 Å². The van der Waals surface area contributed by atoms with Gasteiger partial charge in [-0.05, 0) is 25.1 Å². The van der Waals surface area contributed by atoms with Crippen LogP contribution in [-0.4, -0.2) is 32.1 Å². The second-order valence-electron chi connectivity index (χ2n) is 5.29. The zero-order chi connectivity index (χ0) is 18.4. The molecule has 0 unspecified atom stereocenters. The molecule has 0 saturated carbocycles. The molecule has 3 aromatic rings. The summed E-state index contributed by atoms with van der Waals surface area (Å²) in [5.74, 6) is 0.217. The van der Waals surface area contributed by atoms with Gasteiger partial charge in [-0.15, -0.1) is 0 Å². The SMILES string of the molecule is CCOCn1cc(NC(=O)c2ccn(COc3ccccc3Cl)n2)cn1. The Morgan fingerprint density at radius 2 is 2.08 bits per heavy atom. The van der Waals surface area contributed by atoms with E-state index in [2.05, 4.69) is 15.5 Å². The quantitative estimate of drug-likeness (QED) is 0.654. The van der Waals surface area contributed by atoms with Crippen LogP contribution in [0, 0.1) is 0 Å². The number of nitrogens with zero attached hydrogens (tertiary/aromatic N) is 4. The molecule has 0 aliphatic rings. The normalized spacial score (nSPS) is 10.7. The van der Waals surface area contributed by atoms with Crippen LogP contribution in [0.1, 0.15) is 17.4 Å². The van der Waals surface area contributed by atoms with Gasteiger partial charge in [0.05, 0.1) is 23.1 Å². The molecular weight excluding hydrogens is 358 g/mol. The number of hydrogen-bond donors (Lipinski definition) is 1. The second-order valence-corrected chi connectivity index (χ2v) is 5.70. The van der Waals surface area contributed by atoms with E-state index < -0.39 is 0 Å². The fraction of sp³-hybridized carbons (Fsp3) is 0.235. The van der Waals surface area contributed by atoms with Crippen LogP contribution in [0.5, 0.6) is 5.75 Å². The minimum Gasteiger partial charge on any atom is -0.470 e. The van der Waals surface area contributed by atoms with Crippen LogP contribution < -0.4 is 10.1 Å². The first-order valence-electron chi connectivity index (χ1n) is 7.98. The zero-order valence-corrected chi connectivity index (χ0v) is 14.9. The summed E-state index contributed by atoms with van der Waals surface area (Å²) in [6.07, 6.45) is 4.89. The number of halogens is 1. The van der Waals surface area contributed by atoms with E-state index in [1.165, 1.54) is 4.68 Å². The summed E-state index contributed by atoms with van der Waals surface area (Å²) >= 11 is 6.03. The first-order valence-corrected chi connectivity index (χ1v) is 8.36. The van der Waals surface area contributed by atoms with Gasteiger partial charge in [-0.3, -0.25) is 4.79 Å². The molecule has 0 aliphatic carbocycles. The highest BCUT2D eigenvalue weighted by molar-refractivity contribution is 6.32. The van der Waals surface area contributed by atoms with Crippen molar-refractivity contribution in [1.29, 1.82) is 0 Å². The number of nitrogens with one attached hydrogen (secondary N) is 1. The third-order valence-electron chi connectivity index (χ3n) is 3.38. The van der Waals surface area contributed by atoms with Crippen LogP contribution in [0.2, 0.25) is 5.02 Å². The number of ether oxygens (including phenoxy) is 2. The van der Waals surface area contributed by atoms with Crippen molar-refractivity contribution in [3.63, 3.8) is 0 Å². The molecular formula is C17H18ClN5O3. The molecule has 0 spiro atoms. The number of rotatable bonds is 8. The van der Waals surface area contributed by atoms with E-state index in [9.17, 15) is 4.79 Å². The highest BCUT2D eigenvalue weighted by Crippen LogP contribution is 2.23. The van der Waals surface area contributed by atoms with Gasteiger partial charge in [0.2, 0.25) is 0 Å². The monoisotopic (exact) mass is 375 g/mol. The molecule has 0 radical (unpaired) electrons. The van der Waals surface area contributed by atoms with Gasteiger partial charge < -0.3 is 14.8 Å². The minimum atomic E-state index is -0.336. The zero-order valence-electron chi connectivity index (χ0n) is 14.1. The van der Waals surface area contributed by atoms with Crippen molar-refractivity contribution >= 4 is 23.2 Å². The Hall–Kier alpha value is -2.84. The molecule has 0 fully saturated rings. The van der Waals surface area contributed by atoms with E-state index in [-0.39, 0.29) is 18.3 Å². The lowest BCUT2D eigenvalue weighted by Crippen LogP contribution is -2.14. The first-order chi connectivity index (χ1) is 12.7. The van der Waals surface area contributed by atoms with E-state index in [0.717, 1.165) is 0 Å². The lowest BCUT2D eigenvalue weighted by molar-refractivity contribution is 0.0792. The van der Waals surface area contributed by atoms with Crippen LogP contribution in [0.25, 0.3) is 0 Å². The number of carbonyl (C=O) groups is 1. The first kappa shape index (κ1) is 18.0. The summed E-state index contributed by atoms with van der Waals surface area (Å²) in [7, 11) is 0. The highest BCUT2D eigenvalue weighted by Gasteiger charge is 2.11. The minimum absolute atomic E-state index is 0.142. The van der Waals surface area contributed by atoms with Crippen molar-refractivity contribution in [2.24, 2.45) is 0 Å². The van der Waals surface area contributed by atoms with Crippen molar-refractivity contribution in [2.75, 3.05) is 11.9 Å². The number of para-hydroxylation sites is 1. The highest BCUT2D eigenvalue weighted by atomic mass is 35.5. The summed E-state index contributed by atoms with van der Waals surface area (Å²) in [5.41, 5.74) is 0.835. The Bertz CT molecular complexity index is 877. The molecule has 1 aromatic carbocycles. The van der Waals surface area contributed by atoms with Gasteiger partial charge in [0.15, 0.2) is 12.4 Å². The predicted molar refractivity (Wildman–Crippen MR) is 96.1 cm³/mol. The molecule has 8 nitrogen and oxygen atoms in total. The molecule has 1 amide bonds. The lowest BCUT2D eigenvalue weighted by Gasteiger charge is -2.07. The van der Waals surface area contributed by atoms with Gasteiger partial charge in [-0.2, -0.15) is 10.2 Å². The van der Waals surface area contributed by atoms with Gasteiger partial charge in [0.25, 0.3) is 5.91 Å². The Kier molecular flexibility index (Phi) is 5.88. The lowest BCUT2D eigenvalue weighted by atomic mass is 10.3. The summed E-state index contributed by atoms with van der Waals surface area (Å²) in [6.45, 7) is 2.97. The van der Waals surface area contributed by atoms with Gasteiger partial charge >= 0.3 is 0 Å². The number of hydrogen-bond acceptors (Lipinski definition) is 5. The number of amides is 1. The number of aromatic nitrogens is 4. The molecule has 136 valence electrons. The number of anilines is 1. The van der Waals surface area contributed by atoms with Crippen LogP contribution in [-0.2, 0) is 18.2 Å². The van der Waals surface area contributed by atoms with E-state index >= 15 is 0 Å². The van der Waals surface area contributed by atoms with Crippen LogP contribution in [0.3, 0.4) is 0 Å². The molecule has 26 heavy (non-hydrogen) atoms. The fourth-order valence-electron chi connectivity index (χ4n) is 2.13. The van der Waals surface area contributed by atoms with Crippen LogP contribution in [0.4, 0.5) is 5.69 Å². The van der Waals surface area contributed by atoms with Crippen LogP contribution in [0.15, 0.2) is 48.9 Å². The Morgan fingerprint density at radius 3 is 2.88 bits per heavy atom. The molecule has 0 aliphatic heterocycles. The molecule has 9 heteroatoms. The largest absolute Gasteiger partial charge is 0.470 e. The molecule has 3 rings (SSSR count). The van der Waals surface area contributed by atoms with Crippen molar-refractivity contribution in [2.45, 2.75) is 20.4 Å². The molecule has 2 heterocycles. The smallest absolute Gasteiger partial charge is 0.276 e. The Morgan fingerprint density at radius 1 is 1.23 bits per heavy atom. The number of benzene rings is 1. The average molecular weight is 376 g/mol. The van der Waals surface area contributed by atoms with Gasteiger partial charge in [0, 0.05) is 12.8 Å². The summed E-state index contributed by atoms with van der Waals surface area (Å²) in [5, 5.41) is 11.5. The predicted octanol–water partition coefficient (Wildman–Crippen LogP) is 3.02. The van der Waals surface area contributed by atoms with E-state index in [0.29, 0.717) is 29.8 Å². The summed E-state index contributed by atoms with van der Waals surface area (Å²) in [4.78, 5) is 12.3. The number of carbonyl (C=O) groups excluding carboxylic acids is 1. The molecule has 1 N–H and O–H groups in total. The van der Waals surface area contributed by atoms with Crippen molar-refractivity contribution in [1.82, 2.24) is 19.6 Å². The molecule has 0 atom stereocenters. The fourth-order valence-corrected chi connectivity index (χ4v) is 2.32. The molecule has 0 bridgehead atoms. The maximum Gasteiger partial charge on any atom is 0.276 e. The Labute approximate surface area is 155 Å². The maximum atomic E-state index is 12.3. The summed E-state index contributed by atoms with van der Waals surface area (Å²) in [6, 6.07) is 8.76. The third kappa shape index (κ3) is 4.62. The average Bonchev–Trinajstić information content (AvgIpc) is 3.29. The van der Waals surface area contributed by atoms with Gasteiger partial charge in [-0.25, -0.2) is 9.36 Å². The van der Waals surface area contributed by atoms with Crippen molar-refractivity contribution in [3.05, 3.63) is 59.6 Å². The Balaban J connectivity index is 1.56. The summed E-state index contributed by atoms with van der Waals surface area (Å²) < 4.78 is 13.9. The topological polar surface area (TPSA) is 83.2 Å². The third-order valence-corrected chi connectivity index (χ3v) is 3.69. The van der Waals surface area contributed by atoms with Gasteiger partial charge in [0.1, 0.15) is 12.5 Å². The molecule has 0 saturated heterocycles. The van der Waals surface area contributed by atoms with E-state index in [1.54, 1.807) is 41.5 Å².